The minimum atomic E-state index is -4.55. The highest BCUT2D eigenvalue weighted by atomic mass is 35.5. The fraction of sp³-hybridized carbons (Fsp3) is 0.200. The molecule has 1 N–H and O–H groups in total. The van der Waals surface area contributed by atoms with Crippen molar-refractivity contribution in [1.29, 1.82) is 0 Å². The molecule has 0 saturated carbocycles. The zero-order chi connectivity index (χ0) is 18.9. The molecule has 2 rings (SSSR count). The van der Waals surface area contributed by atoms with Gasteiger partial charge in [0.1, 0.15) is 5.69 Å². The lowest BCUT2D eigenvalue weighted by Crippen LogP contribution is -2.19. The monoisotopic (exact) mass is 411 g/mol. The molecule has 0 aliphatic heterocycles. The average molecular weight is 413 g/mol. The maximum Gasteiger partial charge on any atom is 0.416 e. The summed E-state index contributed by atoms with van der Waals surface area (Å²) in [5, 5.41) is 2.17. The van der Waals surface area contributed by atoms with E-state index >= 15 is 0 Å². The maximum absolute atomic E-state index is 12.9. The number of anilines is 2. The van der Waals surface area contributed by atoms with E-state index < -0.39 is 17.6 Å². The Kier molecular flexibility index (Phi) is 5.71. The van der Waals surface area contributed by atoms with E-state index in [0.717, 1.165) is 18.3 Å². The summed E-state index contributed by atoms with van der Waals surface area (Å²) in [6.07, 6.45) is -3.42. The fourth-order valence-electron chi connectivity index (χ4n) is 1.99. The van der Waals surface area contributed by atoms with Crippen LogP contribution in [0.1, 0.15) is 16.1 Å². The molecule has 0 spiro atoms. The molecule has 1 aromatic carbocycles. The zero-order valence-corrected chi connectivity index (χ0v) is 15.1. The van der Waals surface area contributed by atoms with Crippen molar-refractivity contribution in [2.24, 2.45) is 0 Å². The molecule has 1 amide bonds. The molecule has 1 heterocycles. The smallest absolute Gasteiger partial charge is 0.376 e. The van der Waals surface area contributed by atoms with Gasteiger partial charge in [0.2, 0.25) is 0 Å². The molecule has 10 heteroatoms. The highest BCUT2D eigenvalue weighted by Gasteiger charge is 2.31. The van der Waals surface area contributed by atoms with Crippen LogP contribution in [0, 0.1) is 0 Å². The summed E-state index contributed by atoms with van der Waals surface area (Å²) in [5.41, 5.74) is -0.828. The molecule has 0 fully saturated rings. The number of nitrogens with zero attached hydrogens (tertiary/aromatic N) is 2. The van der Waals surface area contributed by atoms with E-state index in [1.807, 2.05) is 0 Å². The number of nitrogens with one attached hydrogen (secondary N) is 1. The minimum Gasteiger partial charge on any atom is -0.376 e. The van der Waals surface area contributed by atoms with Crippen molar-refractivity contribution in [3.8, 4) is 0 Å². The van der Waals surface area contributed by atoms with Gasteiger partial charge in [-0.25, -0.2) is 4.98 Å². The summed E-state index contributed by atoms with van der Waals surface area (Å²) in [4.78, 5) is 17.7. The topological polar surface area (TPSA) is 45.2 Å². The number of carbonyl (C=O) groups is 1. The van der Waals surface area contributed by atoms with Crippen LogP contribution in [-0.4, -0.2) is 25.0 Å². The van der Waals surface area contributed by atoms with Crippen molar-refractivity contribution in [2.45, 2.75) is 6.18 Å². The Bertz CT molecular complexity index is 826. The van der Waals surface area contributed by atoms with Gasteiger partial charge in [0, 0.05) is 20.3 Å². The number of hydrogen-bond acceptors (Lipinski definition) is 3. The zero-order valence-electron chi connectivity index (χ0n) is 12.9. The van der Waals surface area contributed by atoms with Crippen LogP contribution in [0.25, 0.3) is 0 Å². The van der Waals surface area contributed by atoms with E-state index in [9.17, 15) is 18.0 Å². The minimum absolute atomic E-state index is 0.0474. The number of alkyl halides is 3. The second-order valence-electron chi connectivity index (χ2n) is 5.16. The lowest BCUT2D eigenvalue weighted by Gasteiger charge is -2.20. The Morgan fingerprint density at radius 2 is 1.80 bits per heavy atom. The molecule has 0 unspecified atom stereocenters. The molecule has 0 aliphatic carbocycles. The molecule has 134 valence electrons. The predicted octanol–water partition coefficient (Wildman–Crippen LogP) is 5.38. The lowest BCUT2D eigenvalue weighted by atomic mass is 10.1. The molecule has 0 aliphatic rings. The van der Waals surface area contributed by atoms with Crippen LogP contribution in [0.15, 0.2) is 24.4 Å². The van der Waals surface area contributed by atoms with Gasteiger partial charge >= 0.3 is 6.18 Å². The summed E-state index contributed by atoms with van der Waals surface area (Å²) in [5.74, 6) is -0.814. The van der Waals surface area contributed by atoms with E-state index in [-0.39, 0.29) is 26.4 Å². The van der Waals surface area contributed by atoms with E-state index in [2.05, 4.69) is 10.3 Å². The van der Waals surface area contributed by atoms with Crippen LogP contribution >= 0.6 is 34.8 Å². The van der Waals surface area contributed by atoms with Gasteiger partial charge in [-0.05, 0) is 18.2 Å². The first-order valence-electron chi connectivity index (χ1n) is 6.71. The molecular formula is C15H11Cl3F3N3O. The van der Waals surface area contributed by atoms with Crippen LogP contribution in [0.3, 0.4) is 0 Å². The van der Waals surface area contributed by atoms with Gasteiger partial charge < -0.3 is 10.2 Å². The number of benzene rings is 1. The highest BCUT2D eigenvalue weighted by Crippen LogP contribution is 2.36. The molecule has 0 atom stereocenters. The quantitative estimate of drug-likeness (QED) is 0.736. The average Bonchev–Trinajstić information content (AvgIpc) is 2.51. The molecule has 4 nitrogen and oxygen atoms in total. The van der Waals surface area contributed by atoms with Gasteiger partial charge in [-0.1, -0.05) is 34.8 Å². The van der Waals surface area contributed by atoms with Crippen molar-refractivity contribution >= 4 is 52.1 Å². The van der Waals surface area contributed by atoms with Gasteiger partial charge in [0.25, 0.3) is 5.91 Å². The van der Waals surface area contributed by atoms with Gasteiger partial charge in [-0.3, -0.25) is 4.79 Å². The van der Waals surface area contributed by atoms with E-state index in [1.165, 1.54) is 6.07 Å². The maximum atomic E-state index is 12.9. The number of hydrogen-bond donors (Lipinski definition) is 1. The van der Waals surface area contributed by atoms with Crippen LogP contribution < -0.4 is 10.2 Å². The van der Waals surface area contributed by atoms with E-state index in [1.54, 1.807) is 19.0 Å². The number of pyridine rings is 1. The SMILES string of the molecule is CN(C)c1ccc(C(F)(F)F)cc1NC(=O)c1ncc(Cl)c(Cl)c1Cl. The van der Waals surface area contributed by atoms with Crippen LogP contribution in [0.4, 0.5) is 24.5 Å². The summed E-state index contributed by atoms with van der Waals surface area (Å²) < 4.78 is 38.8. The fourth-order valence-corrected chi connectivity index (χ4v) is 2.55. The van der Waals surface area contributed by atoms with Gasteiger partial charge in [0.15, 0.2) is 0 Å². The van der Waals surface area contributed by atoms with E-state index in [0.29, 0.717) is 5.69 Å². The number of rotatable bonds is 3. The molecule has 2 aromatic rings. The lowest BCUT2D eigenvalue weighted by molar-refractivity contribution is -0.137. The summed E-state index contributed by atoms with van der Waals surface area (Å²) in [6, 6.07) is 3.01. The van der Waals surface area contributed by atoms with Crippen LogP contribution in [-0.2, 0) is 6.18 Å². The van der Waals surface area contributed by atoms with Crippen LogP contribution in [0.5, 0.6) is 0 Å². The third kappa shape index (κ3) is 4.29. The van der Waals surface area contributed by atoms with Crippen molar-refractivity contribution < 1.29 is 18.0 Å². The number of halogens is 6. The normalized spacial score (nSPS) is 11.4. The van der Waals surface area contributed by atoms with E-state index in [4.69, 9.17) is 34.8 Å². The van der Waals surface area contributed by atoms with Crippen molar-refractivity contribution in [3.05, 3.63) is 50.7 Å². The number of aromatic nitrogens is 1. The van der Waals surface area contributed by atoms with Gasteiger partial charge in [0.05, 0.1) is 32.0 Å². The molecule has 0 bridgehead atoms. The molecule has 1 aromatic heterocycles. The Morgan fingerprint density at radius 1 is 1.16 bits per heavy atom. The highest BCUT2D eigenvalue weighted by molar-refractivity contribution is 6.49. The second kappa shape index (κ2) is 7.27. The summed E-state index contributed by atoms with van der Waals surface area (Å²) >= 11 is 17.5. The van der Waals surface area contributed by atoms with Crippen molar-refractivity contribution in [1.82, 2.24) is 4.98 Å². The first kappa shape index (κ1) is 19.6. The van der Waals surface area contributed by atoms with Crippen molar-refractivity contribution in [3.63, 3.8) is 0 Å². The van der Waals surface area contributed by atoms with Crippen LogP contribution in [0.2, 0.25) is 15.1 Å². The first-order chi connectivity index (χ1) is 11.5. The van der Waals surface area contributed by atoms with Crippen molar-refractivity contribution in [2.75, 3.05) is 24.3 Å². The molecular weight excluding hydrogens is 402 g/mol. The number of carbonyl (C=O) groups excluding carboxylic acids is 1. The summed E-state index contributed by atoms with van der Waals surface area (Å²) in [6.45, 7) is 0. The third-order valence-electron chi connectivity index (χ3n) is 3.19. The standard InChI is InChI=1S/C15H11Cl3F3N3O/c1-24(2)10-4-3-7(15(19,20)21)5-9(10)23-14(25)13-12(18)11(17)8(16)6-22-13/h3-6H,1-2H3,(H,23,25). The van der Waals surface area contributed by atoms with Gasteiger partial charge in [-0.15, -0.1) is 0 Å². The Balaban J connectivity index is 2.45. The predicted molar refractivity (Wildman–Crippen MR) is 93.0 cm³/mol. The summed E-state index contributed by atoms with van der Waals surface area (Å²) in [7, 11) is 3.26. The largest absolute Gasteiger partial charge is 0.416 e. The molecule has 25 heavy (non-hydrogen) atoms. The van der Waals surface area contributed by atoms with Gasteiger partial charge in [-0.2, -0.15) is 13.2 Å². The third-order valence-corrected chi connectivity index (χ3v) is 4.43. The molecule has 0 saturated heterocycles. The number of amides is 1. The first-order valence-corrected chi connectivity index (χ1v) is 7.85. The second-order valence-corrected chi connectivity index (χ2v) is 6.32. The Hall–Kier alpha value is -1.70. The Labute approximate surface area is 156 Å². The Morgan fingerprint density at radius 3 is 2.36 bits per heavy atom. The molecule has 0 radical (unpaired) electrons.